The van der Waals surface area contributed by atoms with E-state index in [4.69, 9.17) is 13.9 Å². The number of nitrogens with zero attached hydrogens (tertiary/aromatic N) is 1. The van der Waals surface area contributed by atoms with Crippen molar-refractivity contribution >= 4 is 15.7 Å². The molecule has 4 rings (SSSR count). The molecule has 28 heavy (non-hydrogen) atoms. The first-order valence-electron chi connectivity index (χ1n) is 8.95. The van der Waals surface area contributed by atoms with E-state index >= 15 is 0 Å². The number of hydrogen-bond acceptors (Lipinski definition) is 7. The fourth-order valence-corrected chi connectivity index (χ4v) is 4.18. The number of hydrogen-bond donors (Lipinski definition) is 1. The largest absolute Gasteiger partial charge is 0.486 e. The summed E-state index contributed by atoms with van der Waals surface area (Å²) < 4.78 is 43.2. The van der Waals surface area contributed by atoms with Crippen LogP contribution in [0.4, 0.5) is 5.88 Å². The predicted molar refractivity (Wildman–Crippen MR) is 104 cm³/mol. The lowest BCUT2D eigenvalue weighted by molar-refractivity contribution is 0.171. The van der Waals surface area contributed by atoms with Gasteiger partial charge < -0.3 is 19.2 Å². The maximum Gasteiger partial charge on any atom is 0.233 e. The van der Waals surface area contributed by atoms with Crippen molar-refractivity contribution in [1.82, 2.24) is 4.98 Å². The molecule has 2 aromatic carbocycles. The second-order valence-corrected chi connectivity index (χ2v) is 8.22. The molecule has 0 fully saturated rings. The third kappa shape index (κ3) is 3.31. The minimum atomic E-state index is -3.92. The molecule has 0 aliphatic carbocycles. The number of oxazole rings is 1. The maximum atomic E-state index is 13.3. The smallest absolute Gasteiger partial charge is 0.233 e. The number of fused-ring (bicyclic) bond motifs is 1. The highest BCUT2D eigenvalue weighted by atomic mass is 32.2. The summed E-state index contributed by atoms with van der Waals surface area (Å²) in [7, 11) is -3.92. The summed E-state index contributed by atoms with van der Waals surface area (Å²) in [6.45, 7) is 5.13. The first-order chi connectivity index (χ1) is 13.5. The lowest BCUT2D eigenvalue weighted by atomic mass is 10.1. The average molecular weight is 400 g/mol. The van der Waals surface area contributed by atoms with Crippen LogP contribution in [0.3, 0.4) is 0 Å². The fraction of sp³-hybridized carbons (Fsp3) is 0.250. The van der Waals surface area contributed by atoms with Crippen LogP contribution in [0, 0.1) is 6.92 Å². The van der Waals surface area contributed by atoms with Gasteiger partial charge in [0, 0.05) is 18.2 Å². The van der Waals surface area contributed by atoms with Crippen LogP contribution in [-0.2, 0) is 9.84 Å². The first kappa shape index (κ1) is 18.4. The molecule has 0 saturated carbocycles. The molecule has 1 aliphatic rings. The summed E-state index contributed by atoms with van der Waals surface area (Å²) >= 11 is 0. The monoisotopic (exact) mass is 400 g/mol. The van der Waals surface area contributed by atoms with E-state index in [1.807, 2.05) is 38.1 Å². The zero-order chi connectivity index (χ0) is 19.7. The summed E-state index contributed by atoms with van der Waals surface area (Å²) in [6.07, 6.45) is 0. The molecule has 0 atom stereocenters. The minimum absolute atomic E-state index is 0.0691. The standard InChI is InChI=1S/C20H20N2O5S/c1-3-21-19-20(22-18(27-19)14-6-4-13(2)5-7-14)28(23,24)15-8-9-16-17(12-15)26-11-10-25-16/h4-9,12,21H,3,10-11H2,1-2H3. The Labute approximate surface area is 163 Å². The van der Waals surface area contributed by atoms with Gasteiger partial charge in [0.1, 0.15) is 13.2 Å². The Morgan fingerprint density at radius 1 is 1.04 bits per heavy atom. The molecule has 0 bridgehead atoms. The number of aryl methyl sites for hydroxylation is 1. The Bertz CT molecular complexity index is 1100. The lowest BCUT2D eigenvalue weighted by Gasteiger charge is -2.18. The highest BCUT2D eigenvalue weighted by Crippen LogP contribution is 2.37. The van der Waals surface area contributed by atoms with Gasteiger partial charge in [-0.1, -0.05) is 17.7 Å². The molecule has 8 heteroatoms. The van der Waals surface area contributed by atoms with Gasteiger partial charge in [0.2, 0.25) is 26.6 Å². The quantitative estimate of drug-likeness (QED) is 0.698. The molecule has 0 amide bonds. The van der Waals surface area contributed by atoms with Crippen molar-refractivity contribution in [1.29, 1.82) is 0 Å². The number of benzene rings is 2. The molecule has 7 nitrogen and oxygen atoms in total. The maximum absolute atomic E-state index is 13.3. The van der Waals surface area contributed by atoms with Gasteiger partial charge in [-0.15, -0.1) is 0 Å². The summed E-state index contributed by atoms with van der Waals surface area (Å²) in [6, 6.07) is 12.1. The van der Waals surface area contributed by atoms with Gasteiger partial charge in [0.25, 0.3) is 0 Å². The molecule has 1 aliphatic heterocycles. The summed E-state index contributed by atoms with van der Waals surface area (Å²) in [5.41, 5.74) is 1.79. The third-order valence-electron chi connectivity index (χ3n) is 4.31. The number of rotatable bonds is 5. The molecule has 3 aromatic rings. The molecule has 1 N–H and O–H groups in total. The Balaban J connectivity index is 1.79. The van der Waals surface area contributed by atoms with Crippen LogP contribution in [0.5, 0.6) is 11.5 Å². The highest BCUT2D eigenvalue weighted by Gasteiger charge is 2.29. The molecule has 2 heterocycles. The second kappa shape index (κ2) is 7.20. The van der Waals surface area contributed by atoms with E-state index in [0.29, 0.717) is 36.8 Å². The summed E-state index contributed by atoms with van der Waals surface area (Å²) in [4.78, 5) is 4.37. The van der Waals surface area contributed by atoms with E-state index in [-0.39, 0.29) is 21.7 Å². The molecular weight excluding hydrogens is 380 g/mol. The topological polar surface area (TPSA) is 90.7 Å². The van der Waals surface area contributed by atoms with Crippen LogP contribution in [0.15, 0.2) is 56.8 Å². The van der Waals surface area contributed by atoms with Crippen molar-refractivity contribution < 1.29 is 22.3 Å². The molecule has 1 aromatic heterocycles. The van der Waals surface area contributed by atoms with Crippen molar-refractivity contribution in [2.45, 2.75) is 23.8 Å². The fourth-order valence-electron chi connectivity index (χ4n) is 2.88. The van der Waals surface area contributed by atoms with Crippen molar-refractivity contribution in [3.8, 4) is 23.0 Å². The average Bonchev–Trinajstić information content (AvgIpc) is 3.13. The van der Waals surface area contributed by atoms with Gasteiger partial charge in [0.15, 0.2) is 11.5 Å². The molecule has 0 spiro atoms. The van der Waals surface area contributed by atoms with Crippen LogP contribution in [0.2, 0.25) is 0 Å². The normalized spacial score (nSPS) is 13.4. The van der Waals surface area contributed by atoms with E-state index in [0.717, 1.165) is 5.56 Å². The van der Waals surface area contributed by atoms with Gasteiger partial charge in [-0.25, -0.2) is 8.42 Å². The van der Waals surface area contributed by atoms with Gasteiger partial charge in [-0.05, 0) is 38.1 Å². The minimum Gasteiger partial charge on any atom is -0.486 e. The predicted octanol–water partition coefficient (Wildman–Crippen LogP) is 3.69. The molecule has 0 radical (unpaired) electrons. The molecule has 0 unspecified atom stereocenters. The molecule has 0 saturated heterocycles. The van der Waals surface area contributed by atoms with Crippen LogP contribution in [0.25, 0.3) is 11.5 Å². The van der Waals surface area contributed by atoms with Crippen LogP contribution in [-0.4, -0.2) is 33.2 Å². The third-order valence-corrected chi connectivity index (χ3v) is 5.97. The van der Waals surface area contributed by atoms with E-state index in [9.17, 15) is 8.42 Å². The van der Waals surface area contributed by atoms with Gasteiger partial charge in [0.05, 0.1) is 4.90 Å². The zero-order valence-corrected chi connectivity index (χ0v) is 16.4. The first-order valence-corrected chi connectivity index (χ1v) is 10.4. The Morgan fingerprint density at radius 3 is 2.46 bits per heavy atom. The summed E-state index contributed by atoms with van der Waals surface area (Å²) in [5.74, 6) is 1.29. The number of ether oxygens (including phenoxy) is 2. The van der Waals surface area contributed by atoms with Gasteiger partial charge in [-0.3, -0.25) is 0 Å². The van der Waals surface area contributed by atoms with E-state index in [1.54, 1.807) is 6.07 Å². The van der Waals surface area contributed by atoms with E-state index < -0.39 is 9.84 Å². The number of anilines is 1. The molecular formula is C20H20N2O5S. The summed E-state index contributed by atoms with van der Waals surface area (Å²) in [5, 5.41) is 2.80. The SMILES string of the molecule is CCNc1oc(-c2ccc(C)cc2)nc1S(=O)(=O)c1ccc2c(c1)OCCO2. The zero-order valence-electron chi connectivity index (χ0n) is 15.6. The number of aromatic nitrogens is 1. The highest BCUT2D eigenvalue weighted by molar-refractivity contribution is 7.91. The Morgan fingerprint density at radius 2 is 1.75 bits per heavy atom. The van der Waals surface area contributed by atoms with Crippen molar-refractivity contribution in [2.75, 3.05) is 25.1 Å². The van der Waals surface area contributed by atoms with Crippen molar-refractivity contribution in [3.05, 3.63) is 48.0 Å². The van der Waals surface area contributed by atoms with Crippen LogP contribution >= 0.6 is 0 Å². The van der Waals surface area contributed by atoms with Gasteiger partial charge >= 0.3 is 0 Å². The van der Waals surface area contributed by atoms with Gasteiger partial charge in [-0.2, -0.15) is 4.98 Å². The second-order valence-electron chi connectivity index (χ2n) is 6.36. The van der Waals surface area contributed by atoms with Crippen molar-refractivity contribution in [3.63, 3.8) is 0 Å². The Kier molecular flexibility index (Phi) is 4.72. The van der Waals surface area contributed by atoms with E-state index in [2.05, 4.69) is 10.3 Å². The number of nitrogens with one attached hydrogen (secondary N) is 1. The van der Waals surface area contributed by atoms with E-state index in [1.165, 1.54) is 12.1 Å². The lowest BCUT2D eigenvalue weighted by Crippen LogP contribution is -2.16. The number of sulfone groups is 1. The Hall–Kier alpha value is -3.00. The molecule has 146 valence electrons. The van der Waals surface area contributed by atoms with Crippen molar-refractivity contribution in [2.24, 2.45) is 0 Å². The van der Waals surface area contributed by atoms with Crippen LogP contribution in [0.1, 0.15) is 12.5 Å². The van der Waals surface area contributed by atoms with Crippen LogP contribution < -0.4 is 14.8 Å².